The molecule has 0 spiro atoms. The molecule has 2 aromatic rings. The average Bonchev–Trinajstić information content (AvgIpc) is 2.74. The molecular formula is C16H16N2O2. The Kier molecular flexibility index (Phi) is 3.10. The highest BCUT2D eigenvalue weighted by Gasteiger charge is 2.31. The smallest absolute Gasteiger partial charge is 0.159 e. The Balaban J connectivity index is 2.10. The van der Waals surface area contributed by atoms with Crippen molar-refractivity contribution in [2.45, 2.75) is 32.3 Å². The predicted octanol–water partition coefficient (Wildman–Crippen LogP) is 2.89. The molecule has 0 bridgehead atoms. The fourth-order valence-corrected chi connectivity index (χ4v) is 2.82. The molecule has 0 saturated carbocycles. The Labute approximate surface area is 117 Å². The van der Waals surface area contributed by atoms with Crippen LogP contribution in [-0.4, -0.2) is 20.9 Å². The van der Waals surface area contributed by atoms with Gasteiger partial charge in [0.05, 0.1) is 17.5 Å². The summed E-state index contributed by atoms with van der Waals surface area (Å²) in [6, 6.07) is 7.41. The van der Waals surface area contributed by atoms with Gasteiger partial charge in [-0.3, -0.25) is 4.79 Å². The Hall–Kier alpha value is -2.07. The van der Waals surface area contributed by atoms with Crippen molar-refractivity contribution in [3.05, 3.63) is 47.4 Å². The molecule has 4 nitrogen and oxygen atoms in total. The van der Waals surface area contributed by atoms with E-state index in [1.54, 1.807) is 6.92 Å². The van der Waals surface area contributed by atoms with Crippen LogP contribution in [0, 0.1) is 0 Å². The molecule has 20 heavy (non-hydrogen) atoms. The maximum atomic E-state index is 11.3. The van der Waals surface area contributed by atoms with Crippen molar-refractivity contribution in [2.24, 2.45) is 0 Å². The zero-order chi connectivity index (χ0) is 14.3. The van der Waals surface area contributed by atoms with Crippen molar-refractivity contribution in [3.63, 3.8) is 0 Å². The van der Waals surface area contributed by atoms with Crippen molar-refractivity contribution in [1.82, 2.24) is 9.97 Å². The van der Waals surface area contributed by atoms with E-state index in [1.807, 2.05) is 24.3 Å². The van der Waals surface area contributed by atoms with E-state index in [1.165, 1.54) is 6.33 Å². The molecule has 1 aliphatic rings. The molecule has 1 aromatic carbocycles. The zero-order valence-electron chi connectivity index (χ0n) is 11.5. The molecule has 4 heteroatoms. The van der Waals surface area contributed by atoms with Crippen LogP contribution in [0.3, 0.4) is 0 Å². The summed E-state index contributed by atoms with van der Waals surface area (Å²) in [6.45, 7) is 3.63. The van der Waals surface area contributed by atoms with Crippen LogP contribution in [0.5, 0.6) is 0 Å². The van der Waals surface area contributed by atoms with Crippen LogP contribution >= 0.6 is 0 Å². The molecule has 0 saturated heterocycles. The van der Waals surface area contributed by atoms with E-state index in [2.05, 4.69) is 16.9 Å². The number of nitrogens with zero attached hydrogens (tertiary/aromatic N) is 2. The van der Waals surface area contributed by atoms with Crippen LogP contribution in [-0.2, 0) is 0 Å². The molecule has 1 N–H and O–H groups in total. The van der Waals surface area contributed by atoms with E-state index in [9.17, 15) is 9.90 Å². The van der Waals surface area contributed by atoms with E-state index < -0.39 is 6.10 Å². The minimum Gasteiger partial charge on any atom is -0.387 e. The Morgan fingerprint density at radius 1 is 1.25 bits per heavy atom. The fraction of sp³-hybridized carbons (Fsp3) is 0.312. The molecule has 0 amide bonds. The van der Waals surface area contributed by atoms with E-state index in [0.717, 1.165) is 22.5 Å². The van der Waals surface area contributed by atoms with Gasteiger partial charge in [-0.2, -0.15) is 0 Å². The number of fused-ring (bicyclic) bond motifs is 1. The highest BCUT2D eigenvalue weighted by atomic mass is 16.3. The summed E-state index contributed by atoms with van der Waals surface area (Å²) < 4.78 is 0. The number of carbonyl (C=O) groups excluding carboxylic acids is 1. The minimum atomic E-state index is -0.502. The van der Waals surface area contributed by atoms with Gasteiger partial charge in [0, 0.05) is 16.7 Å². The number of aliphatic hydroxyl groups is 1. The van der Waals surface area contributed by atoms with Crippen LogP contribution in [0.15, 0.2) is 30.6 Å². The lowest BCUT2D eigenvalue weighted by Gasteiger charge is -2.10. The van der Waals surface area contributed by atoms with Gasteiger partial charge in [0.1, 0.15) is 6.33 Å². The Morgan fingerprint density at radius 2 is 1.95 bits per heavy atom. The summed E-state index contributed by atoms with van der Waals surface area (Å²) in [4.78, 5) is 19.9. The molecular weight excluding hydrogens is 252 g/mol. The lowest BCUT2D eigenvalue weighted by molar-refractivity contribution is 0.101. The van der Waals surface area contributed by atoms with Crippen molar-refractivity contribution in [2.75, 3.05) is 0 Å². The summed E-state index contributed by atoms with van der Waals surface area (Å²) in [7, 11) is 0. The van der Waals surface area contributed by atoms with Crippen LogP contribution in [0.1, 0.15) is 53.9 Å². The highest BCUT2D eigenvalue weighted by molar-refractivity contribution is 5.94. The quantitative estimate of drug-likeness (QED) is 0.851. The van der Waals surface area contributed by atoms with E-state index in [-0.39, 0.29) is 11.7 Å². The molecule has 0 fully saturated rings. The summed E-state index contributed by atoms with van der Waals surface area (Å²) >= 11 is 0. The number of aliphatic hydroxyl groups excluding tert-OH is 1. The van der Waals surface area contributed by atoms with Crippen LogP contribution < -0.4 is 0 Å². The molecule has 2 atom stereocenters. The summed E-state index contributed by atoms with van der Waals surface area (Å²) in [5, 5.41) is 10.0. The maximum Gasteiger partial charge on any atom is 0.159 e. The van der Waals surface area contributed by atoms with Crippen molar-refractivity contribution in [1.29, 1.82) is 0 Å². The van der Waals surface area contributed by atoms with Gasteiger partial charge in [-0.15, -0.1) is 0 Å². The standard InChI is InChI=1S/C16H16N2O2/c1-9-7-13(20)16-14(9)15(17-8-18-16)12-5-3-11(4-6-12)10(2)19/h3-6,8-9,13,20H,7H2,1-2H3/t9-,13-/m1/s1. The first-order valence-corrected chi connectivity index (χ1v) is 6.72. The number of ketones is 1. The first-order valence-electron chi connectivity index (χ1n) is 6.72. The first kappa shape index (κ1) is 12.9. The highest BCUT2D eigenvalue weighted by Crippen LogP contribution is 2.42. The van der Waals surface area contributed by atoms with E-state index >= 15 is 0 Å². The number of rotatable bonds is 2. The summed E-state index contributed by atoms with van der Waals surface area (Å²) in [5.74, 6) is 0.289. The fourth-order valence-electron chi connectivity index (χ4n) is 2.82. The topological polar surface area (TPSA) is 63.1 Å². The lowest BCUT2D eigenvalue weighted by Crippen LogP contribution is -2.00. The van der Waals surface area contributed by atoms with Gasteiger partial charge < -0.3 is 5.11 Å². The number of aromatic nitrogens is 2. The third-order valence-corrected chi connectivity index (χ3v) is 3.86. The average molecular weight is 268 g/mol. The van der Waals surface area contributed by atoms with Gasteiger partial charge in [-0.1, -0.05) is 31.2 Å². The minimum absolute atomic E-state index is 0.0493. The van der Waals surface area contributed by atoms with E-state index in [0.29, 0.717) is 12.0 Å². The molecule has 3 rings (SSSR count). The van der Waals surface area contributed by atoms with Crippen molar-refractivity contribution in [3.8, 4) is 11.3 Å². The third kappa shape index (κ3) is 2.02. The Morgan fingerprint density at radius 3 is 2.60 bits per heavy atom. The van der Waals surface area contributed by atoms with Gasteiger partial charge >= 0.3 is 0 Å². The van der Waals surface area contributed by atoms with Crippen molar-refractivity contribution < 1.29 is 9.90 Å². The second kappa shape index (κ2) is 4.80. The SMILES string of the molecule is CC(=O)c1ccc(-c2ncnc3c2[C@H](C)C[C@H]3O)cc1. The van der Waals surface area contributed by atoms with Crippen LogP contribution in [0.4, 0.5) is 0 Å². The molecule has 1 aromatic heterocycles. The third-order valence-electron chi connectivity index (χ3n) is 3.86. The maximum absolute atomic E-state index is 11.3. The Bertz CT molecular complexity index is 665. The van der Waals surface area contributed by atoms with E-state index in [4.69, 9.17) is 0 Å². The molecule has 0 radical (unpaired) electrons. The largest absolute Gasteiger partial charge is 0.387 e. The van der Waals surface area contributed by atoms with Crippen LogP contribution in [0.25, 0.3) is 11.3 Å². The number of Topliss-reactive ketones (excluding diaryl/α,β-unsaturated/α-hetero) is 1. The molecule has 0 aliphatic heterocycles. The van der Waals surface area contributed by atoms with Gasteiger partial charge in [-0.25, -0.2) is 9.97 Å². The lowest BCUT2D eigenvalue weighted by atomic mass is 9.98. The predicted molar refractivity (Wildman–Crippen MR) is 75.5 cm³/mol. The van der Waals surface area contributed by atoms with Gasteiger partial charge in [-0.05, 0) is 19.3 Å². The second-order valence-electron chi connectivity index (χ2n) is 5.31. The second-order valence-corrected chi connectivity index (χ2v) is 5.31. The number of benzene rings is 1. The molecule has 1 aliphatic carbocycles. The number of carbonyl (C=O) groups is 1. The zero-order valence-corrected chi connectivity index (χ0v) is 11.5. The van der Waals surface area contributed by atoms with Gasteiger partial charge in [0.2, 0.25) is 0 Å². The molecule has 0 unspecified atom stereocenters. The first-order chi connectivity index (χ1) is 9.58. The number of hydrogen-bond donors (Lipinski definition) is 1. The van der Waals surface area contributed by atoms with Gasteiger partial charge in [0.25, 0.3) is 0 Å². The van der Waals surface area contributed by atoms with Crippen LogP contribution in [0.2, 0.25) is 0 Å². The summed E-state index contributed by atoms with van der Waals surface area (Å²) in [5.41, 5.74) is 4.25. The van der Waals surface area contributed by atoms with Gasteiger partial charge in [0.15, 0.2) is 5.78 Å². The molecule has 102 valence electrons. The van der Waals surface area contributed by atoms with Crippen molar-refractivity contribution >= 4 is 5.78 Å². The monoisotopic (exact) mass is 268 g/mol. The molecule has 1 heterocycles. The normalized spacial score (nSPS) is 20.8. The summed E-state index contributed by atoms with van der Waals surface area (Å²) in [6.07, 6.45) is 1.68. The number of hydrogen-bond acceptors (Lipinski definition) is 4.